The van der Waals surface area contributed by atoms with Crippen LogP contribution in [-0.4, -0.2) is 0 Å². The minimum Gasteiger partial charge on any atom is -0.310 e. The van der Waals surface area contributed by atoms with Crippen molar-refractivity contribution in [2.75, 3.05) is 4.90 Å². The number of fused-ring (bicyclic) bond motifs is 4. The van der Waals surface area contributed by atoms with E-state index in [0.717, 1.165) is 22.1 Å². The van der Waals surface area contributed by atoms with Crippen molar-refractivity contribution < 1.29 is 0 Å². The summed E-state index contributed by atoms with van der Waals surface area (Å²) in [6.07, 6.45) is 0. The van der Waals surface area contributed by atoms with Crippen LogP contribution in [0.5, 0.6) is 0 Å². The molecule has 0 aliphatic rings. The smallest absolute Gasteiger partial charge is 0.0540 e. The lowest BCUT2D eigenvalue weighted by Gasteiger charge is -2.27. The Morgan fingerprint density at radius 1 is 0.486 bits per heavy atom. The maximum absolute atomic E-state index is 6.27. The number of anilines is 3. The molecule has 0 aliphatic carbocycles. The van der Waals surface area contributed by atoms with Gasteiger partial charge in [-0.25, -0.2) is 0 Å². The Kier molecular flexibility index (Phi) is 5.43. The average molecular weight is 512 g/mol. The zero-order chi connectivity index (χ0) is 24.8. The van der Waals surface area contributed by atoms with Crippen LogP contribution in [0.15, 0.2) is 133 Å². The lowest BCUT2D eigenvalue weighted by Crippen LogP contribution is -2.10. The van der Waals surface area contributed by atoms with Crippen molar-refractivity contribution in [3.05, 3.63) is 138 Å². The summed E-state index contributed by atoms with van der Waals surface area (Å²) in [5, 5.41) is 5.76. The molecule has 1 nitrogen and oxygen atoms in total. The molecule has 6 aromatic carbocycles. The monoisotopic (exact) mass is 511 g/mol. The van der Waals surface area contributed by atoms with Gasteiger partial charge in [0.1, 0.15) is 0 Å². The van der Waals surface area contributed by atoms with E-state index < -0.39 is 0 Å². The molecule has 7 rings (SSSR count). The second kappa shape index (κ2) is 9.08. The molecule has 0 radical (unpaired) electrons. The van der Waals surface area contributed by atoms with Crippen LogP contribution in [0.1, 0.15) is 0 Å². The molecular formula is C34H22ClNS. The summed E-state index contributed by atoms with van der Waals surface area (Å²) in [6.45, 7) is 0. The first kappa shape index (κ1) is 22.1. The molecule has 0 saturated carbocycles. The van der Waals surface area contributed by atoms with Gasteiger partial charge in [-0.3, -0.25) is 0 Å². The number of benzene rings is 6. The normalized spacial score (nSPS) is 11.4. The standard InChI is InChI=1S/C34H22ClNS/c35-24-16-17-30-31-21-23(15-20-33(31)37-34(30)22-24)27-18-19-32(29-14-8-7-13-28(27)29)36(25-9-3-1-4-10-25)26-11-5-2-6-12-26/h1-22H. The van der Waals surface area contributed by atoms with Gasteiger partial charge < -0.3 is 4.90 Å². The largest absolute Gasteiger partial charge is 0.310 e. The molecule has 0 N–H and O–H groups in total. The highest BCUT2D eigenvalue weighted by molar-refractivity contribution is 7.25. The lowest BCUT2D eigenvalue weighted by molar-refractivity contribution is 1.30. The van der Waals surface area contributed by atoms with Gasteiger partial charge in [0.25, 0.3) is 0 Å². The molecule has 0 unspecified atom stereocenters. The van der Waals surface area contributed by atoms with Gasteiger partial charge in [-0.15, -0.1) is 11.3 Å². The molecule has 0 fully saturated rings. The average Bonchev–Trinajstić information content (AvgIpc) is 3.31. The highest BCUT2D eigenvalue weighted by atomic mass is 35.5. The number of thiophene rings is 1. The van der Waals surface area contributed by atoms with E-state index in [1.807, 2.05) is 6.07 Å². The minimum atomic E-state index is 0.780. The SMILES string of the molecule is Clc1ccc2c(c1)sc1ccc(-c3ccc(N(c4ccccc4)c4ccccc4)c4ccccc34)cc12. The molecule has 7 aromatic rings. The first-order valence-electron chi connectivity index (χ1n) is 12.3. The Morgan fingerprint density at radius 2 is 1.16 bits per heavy atom. The predicted octanol–water partition coefficient (Wildman–Crippen LogP) is 11.0. The van der Waals surface area contributed by atoms with E-state index in [4.69, 9.17) is 11.6 Å². The lowest BCUT2D eigenvalue weighted by atomic mass is 9.95. The van der Waals surface area contributed by atoms with Gasteiger partial charge >= 0.3 is 0 Å². The van der Waals surface area contributed by atoms with Gasteiger partial charge in [-0.2, -0.15) is 0 Å². The van der Waals surface area contributed by atoms with E-state index in [0.29, 0.717) is 0 Å². The van der Waals surface area contributed by atoms with Gasteiger partial charge in [0.2, 0.25) is 0 Å². The molecule has 3 heteroatoms. The van der Waals surface area contributed by atoms with E-state index in [-0.39, 0.29) is 0 Å². The maximum atomic E-state index is 6.27. The van der Waals surface area contributed by atoms with E-state index in [2.05, 4.69) is 132 Å². The van der Waals surface area contributed by atoms with Gasteiger partial charge in [-0.1, -0.05) is 90.5 Å². The molecule has 1 aromatic heterocycles. The Labute approximate surface area is 224 Å². The number of hydrogen-bond acceptors (Lipinski definition) is 2. The number of halogens is 1. The maximum Gasteiger partial charge on any atom is 0.0540 e. The third kappa shape index (κ3) is 3.86. The Hall–Kier alpha value is -4.11. The third-order valence-corrected chi connectivity index (χ3v) is 8.28. The second-order valence-corrected chi connectivity index (χ2v) is 10.7. The van der Waals surface area contributed by atoms with Crippen LogP contribution < -0.4 is 4.90 Å². The van der Waals surface area contributed by atoms with Crippen molar-refractivity contribution in [3.8, 4) is 11.1 Å². The van der Waals surface area contributed by atoms with Crippen molar-refractivity contribution in [2.24, 2.45) is 0 Å². The highest BCUT2D eigenvalue weighted by Crippen LogP contribution is 2.43. The molecular weight excluding hydrogens is 490 g/mol. The molecule has 0 atom stereocenters. The summed E-state index contributed by atoms with van der Waals surface area (Å²) in [5.41, 5.74) is 5.88. The Bertz CT molecular complexity index is 1850. The predicted molar refractivity (Wildman–Crippen MR) is 162 cm³/mol. The number of rotatable bonds is 4. The van der Waals surface area contributed by atoms with E-state index in [1.165, 1.54) is 42.1 Å². The van der Waals surface area contributed by atoms with Crippen molar-refractivity contribution in [1.29, 1.82) is 0 Å². The van der Waals surface area contributed by atoms with Crippen LogP contribution >= 0.6 is 22.9 Å². The molecule has 0 saturated heterocycles. The van der Waals surface area contributed by atoms with E-state index >= 15 is 0 Å². The molecule has 0 amide bonds. The summed E-state index contributed by atoms with van der Waals surface area (Å²) < 4.78 is 2.50. The summed E-state index contributed by atoms with van der Waals surface area (Å²) in [7, 11) is 0. The molecule has 0 aliphatic heterocycles. The van der Waals surface area contributed by atoms with Crippen LogP contribution in [0.2, 0.25) is 5.02 Å². The Morgan fingerprint density at radius 3 is 1.89 bits per heavy atom. The van der Waals surface area contributed by atoms with Gasteiger partial charge in [0.15, 0.2) is 0 Å². The number of para-hydroxylation sites is 2. The zero-order valence-corrected chi connectivity index (χ0v) is 21.5. The number of nitrogens with zero attached hydrogens (tertiary/aromatic N) is 1. The van der Waals surface area contributed by atoms with Crippen LogP contribution in [0.25, 0.3) is 42.1 Å². The van der Waals surface area contributed by atoms with Gasteiger partial charge in [0, 0.05) is 42.0 Å². The highest BCUT2D eigenvalue weighted by Gasteiger charge is 2.17. The van der Waals surface area contributed by atoms with Crippen LogP contribution in [-0.2, 0) is 0 Å². The second-order valence-electron chi connectivity index (χ2n) is 9.14. The quantitative estimate of drug-likeness (QED) is 0.227. The van der Waals surface area contributed by atoms with Crippen molar-refractivity contribution in [2.45, 2.75) is 0 Å². The summed E-state index contributed by atoms with van der Waals surface area (Å²) in [6, 6.07) is 47.4. The Balaban J connectivity index is 1.44. The first-order chi connectivity index (χ1) is 18.3. The fourth-order valence-corrected chi connectivity index (χ4v) is 6.59. The van der Waals surface area contributed by atoms with Crippen LogP contribution in [0.4, 0.5) is 17.1 Å². The first-order valence-corrected chi connectivity index (χ1v) is 13.5. The van der Waals surface area contributed by atoms with Crippen molar-refractivity contribution in [1.82, 2.24) is 0 Å². The molecule has 0 bridgehead atoms. The molecule has 0 spiro atoms. The molecule has 1 heterocycles. The van der Waals surface area contributed by atoms with Crippen molar-refractivity contribution >= 4 is 70.9 Å². The third-order valence-electron chi connectivity index (χ3n) is 6.92. The fourth-order valence-electron chi connectivity index (χ4n) is 5.23. The number of hydrogen-bond donors (Lipinski definition) is 0. The molecule has 176 valence electrons. The van der Waals surface area contributed by atoms with Gasteiger partial charge in [0.05, 0.1) is 5.69 Å². The van der Waals surface area contributed by atoms with Crippen LogP contribution in [0.3, 0.4) is 0 Å². The van der Waals surface area contributed by atoms with Gasteiger partial charge in [-0.05, 0) is 71.1 Å². The topological polar surface area (TPSA) is 3.24 Å². The zero-order valence-electron chi connectivity index (χ0n) is 19.9. The summed E-state index contributed by atoms with van der Waals surface area (Å²) in [5.74, 6) is 0. The van der Waals surface area contributed by atoms with Crippen LogP contribution in [0, 0.1) is 0 Å². The molecule has 37 heavy (non-hydrogen) atoms. The minimum absolute atomic E-state index is 0.780. The summed E-state index contributed by atoms with van der Waals surface area (Å²) >= 11 is 8.06. The van der Waals surface area contributed by atoms with E-state index in [1.54, 1.807) is 11.3 Å². The van der Waals surface area contributed by atoms with Crippen molar-refractivity contribution in [3.63, 3.8) is 0 Å². The van der Waals surface area contributed by atoms with E-state index in [9.17, 15) is 0 Å². The summed E-state index contributed by atoms with van der Waals surface area (Å²) in [4.78, 5) is 2.34. The fraction of sp³-hybridized carbons (Fsp3) is 0.